The van der Waals surface area contributed by atoms with Gasteiger partial charge in [-0.15, -0.1) is 0 Å². The van der Waals surface area contributed by atoms with Crippen LogP contribution in [-0.2, 0) is 6.54 Å². The molecule has 0 amide bonds. The second-order valence-corrected chi connectivity index (χ2v) is 7.36. The van der Waals surface area contributed by atoms with E-state index in [1.165, 1.54) is 31.5 Å². The highest BCUT2D eigenvalue weighted by Crippen LogP contribution is 2.20. The molecule has 2 rings (SSSR count). The van der Waals surface area contributed by atoms with Crippen molar-refractivity contribution in [2.75, 3.05) is 13.1 Å². The van der Waals surface area contributed by atoms with Gasteiger partial charge in [0, 0.05) is 35.7 Å². The van der Waals surface area contributed by atoms with Crippen LogP contribution in [0.2, 0.25) is 0 Å². The number of hydrogen-bond donors (Lipinski definition) is 1. The molecule has 0 aromatic heterocycles. The average Bonchev–Trinajstić information content (AvgIpc) is 2.36. The van der Waals surface area contributed by atoms with Gasteiger partial charge in [-0.05, 0) is 51.3 Å². The van der Waals surface area contributed by atoms with Crippen LogP contribution in [0.5, 0.6) is 0 Å². The SMILES string of the molecule is CC(C)(C)N1CCC(NCc2cccc(Br)c2)CC1. The molecule has 0 saturated carbocycles. The lowest BCUT2D eigenvalue weighted by atomic mass is 9.98. The molecule has 19 heavy (non-hydrogen) atoms. The van der Waals surface area contributed by atoms with Gasteiger partial charge in [0.15, 0.2) is 0 Å². The largest absolute Gasteiger partial charge is 0.310 e. The van der Waals surface area contributed by atoms with E-state index in [9.17, 15) is 0 Å². The average molecular weight is 325 g/mol. The van der Waals surface area contributed by atoms with Gasteiger partial charge in [0.05, 0.1) is 0 Å². The smallest absolute Gasteiger partial charge is 0.0208 e. The van der Waals surface area contributed by atoms with E-state index in [4.69, 9.17) is 0 Å². The first-order valence-electron chi connectivity index (χ1n) is 7.18. The molecule has 0 atom stereocenters. The van der Waals surface area contributed by atoms with Gasteiger partial charge < -0.3 is 5.32 Å². The molecule has 1 fully saturated rings. The number of likely N-dealkylation sites (tertiary alicyclic amines) is 1. The molecular weight excluding hydrogens is 300 g/mol. The Bertz CT molecular complexity index is 403. The van der Waals surface area contributed by atoms with Gasteiger partial charge in [0.1, 0.15) is 0 Å². The third-order valence-corrected chi connectivity index (χ3v) is 4.42. The van der Waals surface area contributed by atoms with Crippen LogP contribution < -0.4 is 5.32 Å². The van der Waals surface area contributed by atoms with Crippen LogP contribution in [-0.4, -0.2) is 29.6 Å². The lowest BCUT2D eigenvalue weighted by molar-refractivity contribution is 0.0960. The number of nitrogens with zero attached hydrogens (tertiary/aromatic N) is 1. The zero-order valence-electron chi connectivity index (χ0n) is 12.2. The van der Waals surface area contributed by atoms with Crippen LogP contribution in [0.1, 0.15) is 39.2 Å². The molecule has 2 nitrogen and oxygen atoms in total. The molecule has 3 heteroatoms. The van der Waals surface area contributed by atoms with Crippen LogP contribution in [0.3, 0.4) is 0 Å². The first-order valence-corrected chi connectivity index (χ1v) is 7.97. The number of hydrogen-bond acceptors (Lipinski definition) is 2. The molecule has 0 radical (unpaired) electrons. The second kappa shape index (κ2) is 6.38. The van der Waals surface area contributed by atoms with Crippen molar-refractivity contribution in [2.45, 2.75) is 51.7 Å². The van der Waals surface area contributed by atoms with Crippen molar-refractivity contribution >= 4 is 15.9 Å². The maximum atomic E-state index is 3.69. The summed E-state index contributed by atoms with van der Waals surface area (Å²) >= 11 is 3.52. The quantitative estimate of drug-likeness (QED) is 0.909. The Balaban J connectivity index is 1.77. The molecule has 1 aromatic rings. The molecular formula is C16H25BrN2. The first-order chi connectivity index (χ1) is 8.95. The molecule has 1 saturated heterocycles. The van der Waals surface area contributed by atoms with Gasteiger partial charge >= 0.3 is 0 Å². The predicted octanol–water partition coefficient (Wildman–Crippen LogP) is 3.80. The monoisotopic (exact) mass is 324 g/mol. The molecule has 106 valence electrons. The van der Waals surface area contributed by atoms with Crippen molar-refractivity contribution < 1.29 is 0 Å². The topological polar surface area (TPSA) is 15.3 Å². The van der Waals surface area contributed by atoms with E-state index in [-0.39, 0.29) is 0 Å². The molecule has 0 bridgehead atoms. The Morgan fingerprint density at radius 3 is 2.53 bits per heavy atom. The number of benzene rings is 1. The Morgan fingerprint density at radius 2 is 1.95 bits per heavy atom. The molecule has 0 unspecified atom stereocenters. The minimum Gasteiger partial charge on any atom is -0.310 e. The lowest BCUT2D eigenvalue weighted by Crippen LogP contribution is -2.49. The highest BCUT2D eigenvalue weighted by Gasteiger charge is 2.26. The van der Waals surface area contributed by atoms with Crippen LogP contribution in [0, 0.1) is 0 Å². The third kappa shape index (κ3) is 4.59. The van der Waals surface area contributed by atoms with Crippen LogP contribution in [0.4, 0.5) is 0 Å². The molecule has 1 aromatic carbocycles. The van der Waals surface area contributed by atoms with Crippen molar-refractivity contribution in [3.05, 3.63) is 34.3 Å². The fourth-order valence-corrected chi connectivity index (χ4v) is 3.11. The van der Waals surface area contributed by atoms with E-state index >= 15 is 0 Å². The molecule has 0 aliphatic carbocycles. The summed E-state index contributed by atoms with van der Waals surface area (Å²) in [4.78, 5) is 2.59. The van der Waals surface area contributed by atoms with E-state index in [0.717, 1.165) is 11.0 Å². The number of halogens is 1. The van der Waals surface area contributed by atoms with Crippen molar-refractivity contribution in [1.29, 1.82) is 0 Å². The molecule has 1 N–H and O–H groups in total. The van der Waals surface area contributed by atoms with Crippen LogP contribution in [0.25, 0.3) is 0 Å². The van der Waals surface area contributed by atoms with Crippen LogP contribution >= 0.6 is 15.9 Å². The summed E-state index contributed by atoms with van der Waals surface area (Å²) in [6.45, 7) is 10.3. The minimum absolute atomic E-state index is 0.315. The van der Waals surface area contributed by atoms with Crippen molar-refractivity contribution in [2.24, 2.45) is 0 Å². The van der Waals surface area contributed by atoms with Gasteiger partial charge in [-0.1, -0.05) is 28.1 Å². The summed E-state index contributed by atoms with van der Waals surface area (Å²) in [6.07, 6.45) is 2.51. The molecule has 1 aliphatic rings. The van der Waals surface area contributed by atoms with Gasteiger partial charge in [0.2, 0.25) is 0 Å². The Hall–Kier alpha value is -0.380. The Morgan fingerprint density at radius 1 is 1.26 bits per heavy atom. The highest BCUT2D eigenvalue weighted by molar-refractivity contribution is 9.10. The standard InChI is InChI=1S/C16H25BrN2/c1-16(2,3)19-9-7-15(8-10-19)18-12-13-5-4-6-14(17)11-13/h4-6,11,15,18H,7-10,12H2,1-3H3. The fourth-order valence-electron chi connectivity index (χ4n) is 2.66. The number of piperidine rings is 1. The van der Waals surface area contributed by atoms with Gasteiger partial charge in [-0.3, -0.25) is 4.90 Å². The molecule has 0 spiro atoms. The molecule has 1 aliphatic heterocycles. The first kappa shape index (κ1) is 15.0. The van der Waals surface area contributed by atoms with Crippen LogP contribution in [0.15, 0.2) is 28.7 Å². The van der Waals surface area contributed by atoms with E-state index in [1.54, 1.807) is 0 Å². The summed E-state index contributed by atoms with van der Waals surface area (Å²) < 4.78 is 1.16. The summed E-state index contributed by atoms with van der Waals surface area (Å²) in [5.74, 6) is 0. The highest BCUT2D eigenvalue weighted by atomic mass is 79.9. The van der Waals surface area contributed by atoms with Crippen molar-refractivity contribution in [1.82, 2.24) is 10.2 Å². The Labute approximate surface area is 125 Å². The fraction of sp³-hybridized carbons (Fsp3) is 0.625. The van der Waals surface area contributed by atoms with E-state index in [2.05, 4.69) is 71.2 Å². The summed E-state index contributed by atoms with van der Waals surface area (Å²) in [6, 6.07) is 9.21. The van der Waals surface area contributed by atoms with E-state index in [1.807, 2.05) is 0 Å². The maximum absolute atomic E-state index is 3.69. The zero-order valence-corrected chi connectivity index (χ0v) is 13.8. The lowest BCUT2D eigenvalue weighted by Gasteiger charge is -2.41. The second-order valence-electron chi connectivity index (χ2n) is 6.44. The summed E-state index contributed by atoms with van der Waals surface area (Å²) in [5, 5.41) is 3.69. The van der Waals surface area contributed by atoms with E-state index < -0.39 is 0 Å². The van der Waals surface area contributed by atoms with Crippen molar-refractivity contribution in [3.63, 3.8) is 0 Å². The predicted molar refractivity (Wildman–Crippen MR) is 85.3 cm³/mol. The van der Waals surface area contributed by atoms with Gasteiger partial charge in [-0.25, -0.2) is 0 Å². The summed E-state index contributed by atoms with van der Waals surface area (Å²) in [5.41, 5.74) is 1.67. The number of rotatable bonds is 3. The van der Waals surface area contributed by atoms with E-state index in [0.29, 0.717) is 11.6 Å². The Kier molecular flexibility index (Phi) is 5.04. The van der Waals surface area contributed by atoms with Gasteiger partial charge in [-0.2, -0.15) is 0 Å². The minimum atomic E-state index is 0.315. The van der Waals surface area contributed by atoms with Gasteiger partial charge in [0.25, 0.3) is 0 Å². The molecule has 1 heterocycles. The summed E-state index contributed by atoms with van der Waals surface area (Å²) in [7, 11) is 0. The number of nitrogens with one attached hydrogen (secondary N) is 1. The third-order valence-electron chi connectivity index (χ3n) is 3.93. The zero-order chi connectivity index (χ0) is 13.9. The normalized spacial score (nSPS) is 18.7. The maximum Gasteiger partial charge on any atom is 0.0208 e. The van der Waals surface area contributed by atoms with Crippen molar-refractivity contribution in [3.8, 4) is 0 Å².